The third-order valence-electron chi connectivity index (χ3n) is 4.56. The van der Waals surface area contributed by atoms with Gasteiger partial charge < -0.3 is 5.73 Å². The number of fused-ring (bicyclic) bond motifs is 1. The number of nitrogens with zero attached hydrogens (tertiary/aromatic N) is 1. The number of nitrogens with one attached hydrogen (secondary N) is 1. The number of aromatic nitrogens is 1. The van der Waals surface area contributed by atoms with E-state index in [1.54, 1.807) is 18.3 Å². The van der Waals surface area contributed by atoms with Crippen molar-refractivity contribution in [1.29, 1.82) is 0 Å². The molecule has 0 atom stereocenters. The normalized spacial score (nSPS) is 18.2. The molecular formula is C17H23N3O2S. The molecule has 1 aliphatic carbocycles. The first-order valence-electron chi connectivity index (χ1n) is 8.04. The first-order chi connectivity index (χ1) is 10.9. The first-order valence-corrected chi connectivity index (χ1v) is 9.52. The van der Waals surface area contributed by atoms with Crippen molar-refractivity contribution in [2.45, 2.75) is 49.5 Å². The van der Waals surface area contributed by atoms with Crippen LogP contribution in [0.15, 0.2) is 35.4 Å². The van der Waals surface area contributed by atoms with Gasteiger partial charge in [0.1, 0.15) is 4.90 Å². The molecule has 0 unspecified atom stereocenters. The first kappa shape index (κ1) is 16.4. The Labute approximate surface area is 137 Å². The van der Waals surface area contributed by atoms with Gasteiger partial charge in [0, 0.05) is 23.7 Å². The Morgan fingerprint density at radius 1 is 1.26 bits per heavy atom. The van der Waals surface area contributed by atoms with Crippen LogP contribution in [0.4, 0.5) is 0 Å². The summed E-state index contributed by atoms with van der Waals surface area (Å²) in [5.74, 6) is 0. The molecular weight excluding hydrogens is 310 g/mol. The largest absolute Gasteiger partial charge is 0.324 e. The van der Waals surface area contributed by atoms with Gasteiger partial charge in [0.25, 0.3) is 0 Å². The van der Waals surface area contributed by atoms with Gasteiger partial charge in [-0.05, 0) is 37.5 Å². The van der Waals surface area contributed by atoms with E-state index >= 15 is 0 Å². The van der Waals surface area contributed by atoms with E-state index in [2.05, 4.69) is 9.71 Å². The van der Waals surface area contributed by atoms with E-state index in [0.717, 1.165) is 36.6 Å². The summed E-state index contributed by atoms with van der Waals surface area (Å²) in [6.07, 6.45) is 6.72. The van der Waals surface area contributed by atoms with Crippen molar-refractivity contribution in [2.75, 3.05) is 6.54 Å². The molecule has 1 aliphatic rings. The van der Waals surface area contributed by atoms with Crippen molar-refractivity contribution in [2.24, 2.45) is 5.73 Å². The number of hydrogen-bond acceptors (Lipinski definition) is 4. The van der Waals surface area contributed by atoms with Crippen LogP contribution < -0.4 is 10.5 Å². The summed E-state index contributed by atoms with van der Waals surface area (Å²) in [7, 11) is -3.63. The molecule has 6 heteroatoms. The highest BCUT2D eigenvalue weighted by molar-refractivity contribution is 7.89. The number of para-hydroxylation sites is 1. The minimum Gasteiger partial charge on any atom is -0.324 e. The third-order valence-corrected chi connectivity index (χ3v) is 6.00. The second-order valence-corrected chi connectivity index (χ2v) is 8.32. The highest BCUT2D eigenvalue weighted by atomic mass is 32.2. The van der Waals surface area contributed by atoms with Crippen LogP contribution >= 0.6 is 0 Å². The highest BCUT2D eigenvalue weighted by Crippen LogP contribution is 2.26. The number of sulfonamides is 1. The number of rotatable bonds is 4. The summed E-state index contributed by atoms with van der Waals surface area (Å²) in [4.78, 5) is 4.53. The molecule has 1 aromatic heterocycles. The molecule has 1 fully saturated rings. The van der Waals surface area contributed by atoms with Crippen LogP contribution in [0.25, 0.3) is 10.9 Å². The molecule has 0 spiro atoms. The van der Waals surface area contributed by atoms with Gasteiger partial charge in [-0.15, -0.1) is 0 Å². The SMILES string of the molecule is Cc1cnc2c(S(=O)(=O)NCC3(N)CCCCC3)cccc2c1. The van der Waals surface area contributed by atoms with E-state index in [1.807, 2.05) is 19.1 Å². The quantitative estimate of drug-likeness (QED) is 0.900. The van der Waals surface area contributed by atoms with E-state index in [4.69, 9.17) is 5.73 Å². The lowest BCUT2D eigenvalue weighted by Crippen LogP contribution is -2.51. The molecule has 0 radical (unpaired) electrons. The Hall–Kier alpha value is -1.50. The highest BCUT2D eigenvalue weighted by Gasteiger charge is 2.29. The maximum atomic E-state index is 12.7. The Morgan fingerprint density at radius 2 is 2.00 bits per heavy atom. The van der Waals surface area contributed by atoms with Gasteiger partial charge in [-0.1, -0.05) is 31.4 Å². The minimum atomic E-state index is -3.63. The van der Waals surface area contributed by atoms with E-state index in [-0.39, 0.29) is 11.4 Å². The number of hydrogen-bond donors (Lipinski definition) is 2. The molecule has 0 amide bonds. The van der Waals surface area contributed by atoms with Crippen molar-refractivity contribution in [1.82, 2.24) is 9.71 Å². The molecule has 0 bridgehead atoms. The molecule has 1 heterocycles. The Kier molecular flexibility index (Phi) is 4.40. The Bertz CT molecular complexity index is 812. The molecule has 5 nitrogen and oxygen atoms in total. The van der Waals surface area contributed by atoms with Crippen LogP contribution in [-0.2, 0) is 10.0 Å². The maximum absolute atomic E-state index is 12.7. The van der Waals surface area contributed by atoms with Crippen LogP contribution in [0.2, 0.25) is 0 Å². The van der Waals surface area contributed by atoms with Crippen LogP contribution in [-0.4, -0.2) is 25.5 Å². The fourth-order valence-electron chi connectivity index (χ4n) is 3.21. The minimum absolute atomic E-state index is 0.217. The van der Waals surface area contributed by atoms with E-state index in [9.17, 15) is 8.42 Å². The summed E-state index contributed by atoms with van der Waals surface area (Å²) in [6.45, 7) is 2.21. The van der Waals surface area contributed by atoms with Gasteiger partial charge in [0.2, 0.25) is 10.0 Å². The van der Waals surface area contributed by atoms with Crippen molar-refractivity contribution >= 4 is 20.9 Å². The van der Waals surface area contributed by atoms with Crippen LogP contribution in [0, 0.1) is 6.92 Å². The van der Waals surface area contributed by atoms with Crippen molar-refractivity contribution in [3.05, 3.63) is 36.0 Å². The number of nitrogens with two attached hydrogens (primary N) is 1. The van der Waals surface area contributed by atoms with Gasteiger partial charge in [-0.3, -0.25) is 4.98 Å². The molecule has 0 aliphatic heterocycles. The average Bonchev–Trinajstić information content (AvgIpc) is 2.53. The van der Waals surface area contributed by atoms with Crippen molar-refractivity contribution in [3.8, 4) is 0 Å². The van der Waals surface area contributed by atoms with Gasteiger partial charge in [0.05, 0.1) is 5.52 Å². The zero-order valence-electron chi connectivity index (χ0n) is 13.4. The fourth-order valence-corrected chi connectivity index (χ4v) is 4.52. The third kappa shape index (κ3) is 3.54. The predicted octanol–water partition coefficient (Wildman–Crippen LogP) is 2.48. The summed E-state index contributed by atoms with van der Waals surface area (Å²) in [5.41, 5.74) is 7.41. The van der Waals surface area contributed by atoms with Crippen LogP contribution in [0.3, 0.4) is 0 Å². The predicted molar refractivity (Wildman–Crippen MR) is 91.7 cm³/mol. The maximum Gasteiger partial charge on any atom is 0.242 e. The lowest BCUT2D eigenvalue weighted by Gasteiger charge is -2.33. The van der Waals surface area contributed by atoms with Crippen molar-refractivity contribution in [3.63, 3.8) is 0 Å². The summed E-state index contributed by atoms with van der Waals surface area (Å²) >= 11 is 0. The van der Waals surface area contributed by atoms with E-state index in [0.29, 0.717) is 5.52 Å². The monoisotopic (exact) mass is 333 g/mol. The van der Waals surface area contributed by atoms with E-state index < -0.39 is 15.6 Å². The molecule has 1 saturated carbocycles. The van der Waals surface area contributed by atoms with Crippen LogP contribution in [0.1, 0.15) is 37.7 Å². The molecule has 1 aromatic carbocycles. The molecule has 2 aromatic rings. The lowest BCUT2D eigenvalue weighted by atomic mass is 9.83. The second kappa shape index (κ2) is 6.19. The zero-order chi connectivity index (χ0) is 16.5. The summed E-state index contributed by atoms with van der Waals surface area (Å²) in [5, 5.41) is 0.827. The Balaban J connectivity index is 1.88. The number of pyridine rings is 1. The molecule has 3 N–H and O–H groups in total. The van der Waals surface area contributed by atoms with E-state index in [1.165, 1.54) is 6.42 Å². The molecule has 23 heavy (non-hydrogen) atoms. The second-order valence-electron chi connectivity index (χ2n) is 6.59. The molecule has 124 valence electrons. The average molecular weight is 333 g/mol. The number of benzene rings is 1. The molecule has 0 saturated heterocycles. The zero-order valence-corrected chi connectivity index (χ0v) is 14.2. The van der Waals surface area contributed by atoms with Gasteiger partial charge in [-0.25, -0.2) is 13.1 Å². The smallest absolute Gasteiger partial charge is 0.242 e. The fraction of sp³-hybridized carbons (Fsp3) is 0.471. The van der Waals surface area contributed by atoms with Gasteiger partial charge in [-0.2, -0.15) is 0 Å². The van der Waals surface area contributed by atoms with Gasteiger partial charge >= 0.3 is 0 Å². The number of aryl methyl sites for hydroxylation is 1. The summed E-state index contributed by atoms with van der Waals surface area (Å²) in [6, 6.07) is 7.15. The summed E-state index contributed by atoms with van der Waals surface area (Å²) < 4.78 is 28.1. The Morgan fingerprint density at radius 3 is 2.74 bits per heavy atom. The lowest BCUT2D eigenvalue weighted by molar-refractivity contribution is 0.296. The van der Waals surface area contributed by atoms with Crippen LogP contribution in [0.5, 0.6) is 0 Å². The molecule has 3 rings (SSSR count). The standard InChI is InChI=1S/C17H23N3O2S/c1-13-10-14-6-5-7-15(16(14)19-11-13)23(21,22)20-12-17(18)8-3-2-4-9-17/h5-7,10-11,20H,2-4,8-9,12,18H2,1H3. The topological polar surface area (TPSA) is 85.1 Å². The van der Waals surface area contributed by atoms with Crippen molar-refractivity contribution < 1.29 is 8.42 Å². The van der Waals surface area contributed by atoms with Gasteiger partial charge in [0.15, 0.2) is 0 Å².